The molecule has 2 N–H and O–H groups in total. The molecule has 0 radical (unpaired) electrons. The lowest BCUT2D eigenvalue weighted by Crippen LogP contribution is -2.57. The number of likely N-dealkylation sites (tertiary alicyclic amines) is 1. The Balaban J connectivity index is 0.00000280. The van der Waals surface area contributed by atoms with Crippen LogP contribution in [-0.2, 0) is 20.8 Å². The SMILES string of the molecule is Cl.O=C(Cc1ccccc1)NCCC(=O)N1CCCC(N2CCNCC2=O)C1. The highest BCUT2D eigenvalue weighted by molar-refractivity contribution is 5.85. The van der Waals surface area contributed by atoms with E-state index >= 15 is 0 Å². The average molecular weight is 409 g/mol. The standard InChI is InChI=1S/C20H28N4O3.ClH/c25-18(13-16-5-2-1-3-6-16)22-9-8-19(26)23-11-4-7-17(15-23)24-12-10-21-14-20(24)27;/h1-3,5-6,17,21H,4,7-15H2,(H,22,25);1H. The number of rotatable bonds is 6. The molecule has 2 heterocycles. The van der Waals surface area contributed by atoms with E-state index in [1.54, 1.807) is 0 Å². The molecule has 3 amide bonds. The van der Waals surface area contributed by atoms with Gasteiger partial charge in [0.05, 0.1) is 13.0 Å². The maximum absolute atomic E-state index is 12.5. The molecule has 1 aromatic carbocycles. The fraction of sp³-hybridized carbons (Fsp3) is 0.550. The third kappa shape index (κ3) is 6.21. The van der Waals surface area contributed by atoms with Crippen molar-refractivity contribution < 1.29 is 14.4 Å². The van der Waals surface area contributed by atoms with Crippen molar-refractivity contribution in [1.82, 2.24) is 20.4 Å². The number of carbonyl (C=O) groups excluding carboxylic acids is 3. The number of piperazine rings is 1. The molecule has 1 atom stereocenters. The smallest absolute Gasteiger partial charge is 0.236 e. The maximum Gasteiger partial charge on any atom is 0.236 e. The van der Waals surface area contributed by atoms with E-state index in [9.17, 15) is 14.4 Å². The number of nitrogens with zero attached hydrogens (tertiary/aromatic N) is 2. The van der Waals surface area contributed by atoms with Gasteiger partial charge in [-0.1, -0.05) is 30.3 Å². The van der Waals surface area contributed by atoms with Crippen molar-refractivity contribution in [3.8, 4) is 0 Å². The largest absolute Gasteiger partial charge is 0.355 e. The Labute approximate surface area is 172 Å². The Morgan fingerprint density at radius 2 is 1.96 bits per heavy atom. The lowest BCUT2D eigenvalue weighted by atomic mass is 10.0. The first-order chi connectivity index (χ1) is 13.1. The number of piperidine rings is 1. The van der Waals surface area contributed by atoms with Gasteiger partial charge < -0.3 is 20.4 Å². The van der Waals surface area contributed by atoms with Crippen molar-refractivity contribution in [2.24, 2.45) is 0 Å². The molecule has 2 aliphatic heterocycles. The van der Waals surface area contributed by atoms with Crippen LogP contribution in [0.25, 0.3) is 0 Å². The Kier molecular flexibility index (Phi) is 8.73. The van der Waals surface area contributed by atoms with Gasteiger partial charge in [0.1, 0.15) is 0 Å². The third-order valence-electron chi connectivity index (χ3n) is 5.18. The van der Waals surface area contributed by atoms with Gasteiger partial charge in [-0.15, -0.1) is 12.4 Å². The molecule has 7 nitrogen and oxygen atoms in total. The molecule has 0 bridgehead atoms. The zero-order valence-electron chi connectivity index (χ0n) is 16.1. The maximum atomic E-state index is 12.5. The second-order valence-corrected chi connectivity index (χ2v) is 7.16. The van der Waals surface area contributed by atoms with E-state index < -0.39 is 0 Å². The monoisotopic (exact) mass is 408 g/mol. The van der Waals surface area contributed by atoms with Gasteiger partial charge in [0.25, 0.3) is 0 Å². The zero-order chi connectivity index (χ0) is 19.1. The summed E-state index contributed by atoms with van der Waals surface area (Å²) >= 11 is 0. The van der Waals surface area contributed by atoms with Crippen LogP contribution in [-0.4, -0.2) is 72.8 Å². The first kappa shape index (κ1) is 22.2. The van der Waals surface area contributed by atoms with Crippen molar-refractivity contribution in [1.29, 1.82) is 0 Å². The lowest BCUT2D eigenvalue weighted by molar-refractivity contribution is -0.140. The van der Waals surface area contributed by atoms with E-state index in [-0.39, 0.29) is 36.2 Å². The molecule has 0 saturated carbocycles. The highest BCUT2D eigenvalue weighted by Gasteiger charge is 2.31. The Hall–Kier alpha value is -2.12. The molecule has 154 valence electrons. The predicted molar refractivity (Wildman–Crippen MR) is 109 cm³/mol. The van der Waals surface area contributed by atoms with Crippen LogP contribution in [0.2, 0.25) is 0 Å². The summed E-state index contributed by atoms with van der Waals surface area (Å²) in [4.78, 5) is 40.3. The number of hydrogen-bond donors (Lipinski definition) is 2. The molecule has 2 saturated heterocycles. The van der Waals surface area contributed by atoms with Crippen LogP contribution >= 0.6 is 12.4 Å². The average Bonchev–Trinajstić information content (AvgIpc) is 2.69. The zero-order valence-corrected chi connectivity index (χ0v) is 16.9. The number of hydrogen-bond acceptors (Lipinski definition) is 4. The summed E-state index contributed by atoms with van der Waals surface area (Å²) in [5, 5.41) is 5.90. The first-order valence-electron chi connectivity index (χ1n) is 9.72. The predicted octanol–water partition coefficient (Wildman–Crippen LogP) is 0.580. The molecule has 3 rings (SSSR count). The minimum Gasteiger partial charge on any atom is -0.355 e. The Morgan fingerprint density at radius 1 is 1.18 bits per heavy atom. The van der Waals surface area contributed by atoms with E-state index in [2.05, 4.69) is 10.6 Å². The molecule has 28 heavy (non-hydrogen) atoms. The summed E-state index contributed by atoms with van der Waals surface area (Å²) in [5.41, 5.74) is 0.959. The van der Waals surface area contributed by atoms with E-state index in [0.29, 0.717) is 39.0 Å². The number of benzene rings is 1. The Morgan fingerprint density at radius 3 is 2.71 bits per heavy atom. The molecular weight excluding hydrogens is 380 g/mol. The van der Waals surface area contributed by atoms with Crippen molar-refractivity contribution in [2.75, 3.05) is 39.3 Å². The van der Waals surface area contributed by atoms with Crippen molar-refractivity contribution >= 4 is 30.1 Å². The number of nitrogens with one attached hydrogen (secondary N) is 2. The highest BCUT2D eigenvalue weighted by Crippen LogP contribution is 2.17. The van der Waals surface area contributed by atoms with Crippen LogP contribution in [0.3, 0.4) is 0 Å². The summed E-state index contributed by atoms with van der Waals surface area (Å²) in [6.45, 7) is 3.58. The minimum atomic E-state index is -0.0723. The van der Waals surface area contributed by atoms with Gasteiger partial charge in [-0.05, 0) is 18.4 Å². The van der Waals surface area contributed by atoms with Crippen molar-refractivity contribution in [3.05, 3.63) is 35.9 Å². The first-order valence-corrected chi connectivity index (χ1v) is 9.72. The fourth-order valence-electron chi connectivity index (χ4n) is 3.75. The molecule has 0 aliphatic carbocycles. The summed E-state index contributed by atoms with van der Waals surface area (Å²) in [7, 11) is 0. The topological polar surface area (TPSA) is 81.8 Å². The fourth-order valence-corrected chi connectivity index (χ4v) is 3.75. The summed E-state index contributed by atoms with van der Waals surface area (Å²) in [6.07, 6.45) is 2.48. The van der Waals surface area contributed by atoms with Gasteiger partial charge in [-0.3, -0.25) is 14.4 Å². The molecule has 2 aliphatic rings. The molecule has 0 spiro atoms. The Bertz CT molecular complexity index is 671. The van der Waals surface area contributed by atoms with Gasteiger partial charge in [0.2, 0.25) is 17.7 Å². The van der Waals surface area contributed by atoms with Gasteiger partial charge in [-0.25, -0.2) is 0 Å². The second-order valence-electron chi connectivity index (χ2n) is 7.16. The van der Waals surface area contributed by atoms with Gasteiger partial charge in [-0.2, -0.15) is 0 Å². The molecule has 8 heteroatoms. The summed E-state index contributed by atoms with van der Waals surface area (Å²) in [5.74, 6) is 0.0907. The number of halogens is 1. The quantitative estimate of drug-likeness (QED) is 0.721. The van der Waals surface area contributed by atoms with Crippen LogP contribution in [0.5, 0.6) is 0 Å². The van der Waals surface area contributed by atoms with Gasteiger partial charge in [0, 0.05) is 45.2 Å². The number of amides is 3. The van der Waals surface area contributed by atoms with E-state index in [4.69, 9.17) is 0 Å². The normalized spacial score (nSPS) is 19.7. The molecule has 0 aromatic heterocycles. The molecule has 2 fully saturated rings. The third-order valence-corrected chi connectivity index (χ3v) is 5.18. The van der Waals surface area contributed by atoms with Crippen molar-refractivity contribution in [3.63, 3.8) is 0 Å². The van der Waals surface area contributed by atoms with Crippen LogP contribution in [0, 0.1) is 0 Å². The van der Waals surface area contributed by atoms with Crippen LogP contribution in [0.4, 0.5) is 0 Å². The molecule has 1 unspecified atom stereocenters. The van der Waals surface area contributed by atoms with Crippen molar-refractivity contribution in [2.45, 2.75) is 31.7 Å². The summed E-state index contributed by atoms with van der Waals surface area (Å²) in [6, 6.07) is 9.67. The number of carbonyl (C=O) groups is 3. The molecular formula is C20H29ClN4O3. The second kappa shape index (κ2) is 11.0. The van der Waals surface area contributed by atoms with Gasteiger partial charge in [0.15, 0.2) is 0 Å². The van der Waals surface area contributed by atoms with E-state index in [1.165, 1.54) is 0 Å². The van der Waals surface area contributed by atoms with Crippen LogP contribution < -0.4 is 10.6 Å². The summed E-state index contributed by atoms with van der Waals surface area (Å²) < 4.78 is 0. The van der Waals surface area contributed by atoms with E-state index in [1.807, 2.05) is 40.1 Å². The lowest BCUT2D eigenvalue weighted by Gasteiger charge is -2.41. The van der Waals surface area contributed by atoms with Crippen LogP contribution in [0.1, 0.15) is 24.8 Å². The van der Waals surface area contributed by atoms with Gasteiger partial charge >= 0.3 is 0 Å². The van der Waals surface area contributed by atoms with Crippen LogP contribution in [0.15, 0.2) is 30.3 Å². The van der Waals surface area contributed by atoms with E-state index in [0.717, 1.165) is 31.5 Å². The molecule has 1 aromatic rings. The minimum absolute atomic E-state index is 0. The highest BCUT2D eigenvalue weighted by atomic mass is 35.5.